The average Bonchev–Trinajstić information content (AvgIpc) is 2.55. The van der Waals surface area contributed by atoms with Crippen molar-refractivity contribution in [1.29, 1.82) is 0 Å². The highest BCUT2D eigenvalue weighted by Crippen LogP contribution is 2.16. The summed E-state index contributed by atoms with van der Waals surface area (Å²) >= 11 is 0. The largest absolute Gasteiger partial charge is 0.322 e. The minimum absolute atomic E-state index is 0.0557. The van der Waals surface area contributed by atoms with E-state index in [-0.39, 0.29) is 17.3 Å². The molecule has 0 heterocycles. The molecule has 0 saturated carbocycles. The summed E-state index contributed by atoms with van der Waals surface area (Å²) in [6.45, 7) is 1.81. The van der Waals surface area contributed by atoms with Gasteiger partial charge in [0.1, 0.15) is 0 Å². The van der Waals surface area contributed by atoms with Gasteiger partial charge in [-0.3, -0.25) is 4.79 Å². The van der Waals surface area contributed by atoms with Crippen LogP contribution in [0.4, 0.5) is 5.69 Å². The second-order valence-electron chi connectivity index (χ2n) is 4.82. The second-order valence-corrected chi connectivity index (χ2v) is 6.59. The van der Waals surface area contributed by atoms with Gasteiger partial charge in [-0.1, -0.05) is 24.1 Å². The number of carbonyl (C=O) groups excluding carboxylic acids is 1. The number of terminal acetylenes is 1. The number of anilines is 1. The number of aryl methyl sites for hydroxylation is 1. The van der Waals surface area contributed by atoms with E-state index >= 15 is 0 Å². The van der Waals surface area contributed by atoms with Crippen molar-refractivity contribution < 1.29 is 13.2 Å². The first-order valence-corrected chi connectivity index (χ1v) is 8.32. The summed E-state index contributed by atoms with van der Waals surface area (Å²) in [4.78, 5) is 12.3. The summed E-state index contributed by atoms with van der Waals surface area (Å²) in [5.41, 5.74) is 2.02. The van der Waals surface area contributed by atoms with Crippen molar-refractivity contribution in [2.45, 2.75) is 11.8 Å². The Labute approximate surface area is 135 Å². The third-order valence-corrected chi connectivity index (χ3v) is 4.60. The number of amides is 1. The zero-order valence-electron chi connectivity index (χ0n) is 12.5. The van der Waals surface area contributed by atoms with Crippen molar-refractivity contribution in [2.75, 3.05) is 11.9 Å². The van der Waals surface area contributed by atoms with Crippen molar-refractivity contribution >= 4 is 21.6 Å². The SMILES string of the molecule is C#CCNS(=O)(=O)c1ccc(C(=O)Nc2ccccc2C)cc1. The molecule has 0 aliphatic rings. The maximum absolute atomic E-state index is 12.2. The first-order chi connectivity index (χ1) is 10.9. The molecule has 6 heteroatoms. The lowest BCUT2D eigenvalue weighted by Gasteiger charge is -2.09. The molecule has 23 heavy (non-hydrogen) atoms. The molecule has 0 fully saturated rings. The Morgan fingerprint density at radius 1 is 1.13 bits per heavy atom. The number of benzene rings is 2. The van der Waals surface area contributed by atoms with Crippen LogP contribution in [0.2, 0.25) is 0 Å². The monoisotopic (exact) mass is 328 g/mol. The molecule has 1 amide bonds. The number of nitrogens with one attached hydrogen (secondary N) is 2. The Morgan fingerprint density at radius 2 is 1.78 bits per heavy atom. The van der Waals surface area contributed by atoms with E-state index in [1.54, 1.807) is 6.07 Å². The van der Waals surface area contributed by atoms with Crippen molar-refractivity contribution in [3.63, 3.8) is 0 Å². The molecule has 2 N–H and O–H groups in total. The highest BCUT2D eigenvalue weighted by molar-refractivity contribution is 7.89. The first kappa shape index (κ1) is 16.7. The van der Waals surface area contributed by atoms with Crippen LogP contribution < -0.4 is 10.0 Å². The minimum Gasteiger partial charge on any atom is -0.322 e. The lowest BCUT2D eigenvalue weighted by Crippen LogP contribution is -2.24. The minimum atomic E-state index is -3.65. The Bertz CT molecular complexity index is 850. The molecule has 5 nitrogen and oxygen atoms in total. The van der Waals surface area contributed by atoms with E-state index in [0.29, 0.717) is 11.3 Å². The highest BCUT2D eigenvalue weighted by atomic mass is 32.2. The number of sulfonamides is 1. The molecule has 0 unspecified atom stereocenters. The van der Waals surface area contributed by atoms with Gasteiger partial charge in [0.25, 0.3) is 5.91 Å². The third-order valence-electron chi connectivity index (χ3n) is 3.18. The number of carbonyl (C=O) groups is 1. The Balaban J connectivity index is 2.15. The summed E-state index contributed by atoms with van der Waals surface area (Å²) in [6.07, 6.45) is 5.03. The zero-order valence-corrected chi connectivity index (χ0v) is 13.4. The van der Waals surface area contributed by atoms with Gasteiger partial charge >= 0.3 is 0 Å². The molecule has 0 aliphatic heterocycles. The molecule has 0 bridgehead atoms. The van der Waals surface area contributed by atoms with Crippen LogP contribution >= 0.6 is 0 Å². The number of para-hydroxylation sites is 1. The summed E-state index contributed by atoms with van der Waals surface area (Å²) in [5, 5.41) is 2.79. The Morgan fingerprint density at radius 3 is 2.39 bits per heavy atom. The molecule has 2 aromatic carbocycles. The van der Waals surface area contributed by atoms with E-state index in [1.807, 2.05) is 25.1 Å². The summed E-state index contributed by atoms with van der Waals surface area (Å²) in [5.74, 6) is 1.90. The summed E-state index contributed by atoms with van der Waals surface area (Å²) < 4.78 is 26.1. The fourth-order valence-corrected chi connectivity index (χ4v) is 2.85. The van der Waals surface area contributed by atoms with Crippen LogP contribution in [0, 0.1) is 19.3 Å². The van der Waals surface area contributed by atoms with Crippen LogP contribution in [-0.4, -0.2) is 20.9 Å². The molecular weight excluding hydrogens is 312 g/mol. The molecule has 0 saturated heterocycles. The van der Waals surface area contributed by atoms with Gasteiger partial charge in [0.2, 0.25) is 10.0 Å². The summed E-state index contributed by atoms with van der Waals surface area (Å²) in [7, 11) is -3.65. The normalized spacial score (nSPS) is 10.8. The van der Waals surface area contributed by atoms with Gasteiger partial charge in [0.05, 0.1) is 11.4 Å². The molecule has 0 aromatic heterocycles. The van der Waals surface area contributed by atoms with Crippen LogP contribution in [-0.2, 0) is 10.0 Å². The van der Waals surface area contributed by atoms with E-state index < -0.39 is 10.0 Å². The Kier molecular flexibility index (Phi) is 5.16. The molecule has 2 rings (SSSR count). The molecule has 0 spiro atoms. The maximum Gasteiger partial charge on any atom is 0.255 e. The molecule has 2 aromatic rings. The predicted octanol–water partition coefficient (Wildman–Crippen LogP) is 2.16. The van der Waals surface area contributed by atoms with Gasteiger partial charge in [-0.25, -0.2) is 8.42 Å². The molecular formula is C17H16N2O3S. The standard InChI is InChI=1S/C17H16N2O3S/c1-3-12-18-23(21,22)15-10-8-14(9-11-15)17(20)19-16-7-5-4-6-13(16)2/h1,4-11,18H,12H2,2H3,(H,19,20). The topological polar surface area (TPSA) is 75.3 Å². The second kappa shape index (κ2) is 7.09. The van der Waals surface area contributed by atoms with Crippen LogP contribution in [0.1, 0.15) is 15.9 Å². The van der Waals surface area contributed by atoms with Crippen molar-refractivity contribution in [1.82, 2.24) is 4.72 Å². The van der Waals surface area contributed by atoms with Gasteiger partial charge in [-0.15, -0.1) is 6.42 Å². The van der Waals surface area contributed by atoms with Crippen molar-refractivity contribution in [3.05, 3.63) is 59.7 Å². The van der Waals surface area contributed by atoms with Crippen LogP contribution in [0.3, 0.4) is 0 Å². The van der Waals surface area contributed by atoms with Crippen molar-refractivity contribution in [3.8, 4) is 12.3 Å². The fourth-order valence-electron chi connectivity index (χ4n) is 1.91. The smallest absolute Gasteiger partial charge is 0.255 e. The molecule has 0 aliphatic carbocycles. The summed E-state index contributed by atoms with van der Waals surface area (Å²) in [6, 6.07) is 13.1. The molecule has 118 valence electrons. The van der Waals surface area contributed by atoms with Crippen LogP contribution in [0.25, 0.3) is 0 Å². The van der Waals surface area contributed by atoms with E-state index in [4.69, 9.17) is 6.42 Å². The van der Waals surface area contributed by atoms with Crippen LogP contribution in [0.5, 0.6) is 0 Å². The highest BCUT2D eigenvalue weighted by Gasteiger charge is 2.14. The maximum atomic E-state index is 12.2. The predicted molar refractivity (Wildman–Crippen MR) is 89.6 cm³/mol. The van der Waals surface area contributed by atoms with Gasteiger partial charge in [0, 0.05) is 11.3 Å². The molecule has 0 atom stereocenters. The third kappa shape index (κ3) is 4.19. The quantitative estimate of drug-likeness (QED) is 0.826. The van der Waals surface area contributed by atoms with Gasteiger partial charge in [-0.2, -0.15) is 4.72 Å². The lowest BCUT2D eigenvalue weighted by atomic mass is 10.1. The fraction of sp³-hybridized carbons (Fsp3) is 0.118. The Hall–Kier alpha value is -2.62. The van der Waals surface area contributed by atoms with E-state index in [1.165, 1.54) is 24.3 Å². The van der Waals surface area contributed by atoms with E-state index in [9.17, 15) is 13.2 Å². The van der Waals surface area contributed by atoms with Gasteiger partial charge in [-0.05, 0) is 42.8 Å². The van der Waals surface area contributed by atoms with E-state index in [2.05, 4.69) is 16.0 Å². The number of hydrogen-bond acceptors (Lipinski definition) is 3. The van der Waals surface area contributed by atoms with Gasteiger partial charge < -0.3 is 5.32 Å². The van der Waals surface area contributed by atoms with Crippen molar-refractivity contribution in [2.24, 2.45) is 0 Å². The zero-order chi connectivity index (χ0) is 16.9. The number of rotatable bonds is 5. The van der Waals surface area contributed by atoms with E-state index in [0.717, 1.165) is 5.56 Å². The molecule has 0 radical (unpaired) electrons. The van der Waals surface area contributed by atoms with Gasteiger partial charge in [0.15, 0.2) is 0 Å². The first-order valence-electron chi connectivity index (χ1n) is 6.84. The average molecular weight is 328 g/mol. The van der Waals surface area contributed by atoms with Crippen LogP contribution in [0.15, 0.2) is 53.4 Å². The number of hydrogen-bond donors (Lipinski definition) is 2. The lowest BCUT2D eigenvalue weighted by molar-refractivity contribution is 0.102.